The van der Waals surface area contributed by atoms with Crippen LogP contribution in [0.4, 0.5) is 0 Å². The van der Waals surface area contributed by atoms with Crippen LogP contribution in [0.1, 0.15) is 43.8 Å². The zero-order valence-corrected chi connectivity index (χ0v) is 10.5. The number of halogens is 1. The molecule has 1 aromatic rings. The van der Waals surface area contributed by atoms with E-state index in [1.807, 2.05) is 5.38 Å². The fraction of sp³-hybridized carbons (Fsp3) is 0.636. The lowest BCUT2D eigenvalue weighted by atomic mass is 9.83. The normalized spacial score (nSPS) is 21.0. The molecule has 0 bridgehead atoms. The minimum Gasteiger partial charge on any atom is -0.388 e. The van der Waals surface area contributed by atoms with E-state index in [9.17, 15) is 5.11 Å². The summed E-state index contributed by atoms with van der Waals surface area (Å²) in [7, 11) is 0. The molecule has 1 N–H and O–H groups in total. The predicted octanol–water partition coefficient (Wildman–Crippen LogP) is 4.12. The van der Waals surface area contributed by atoms with E-state index >= 15 is 0 Å². The summed E-state index contributed by atoms with van der Waals surface area (Å²) >= 11 is 5.14. The monoisotopic (exact) mass is 274 g/mol. The molecule has 1 aromatic heterocycles. The third-order valence-corrected chi connectivity index (χ3v) is 4.81. The van der Waals surface area contributed by atoms with Crippen molar-refractivity contribution in [2.75, 3.05) is 0 Å². The molecule has 0 saturated heterocycles. The highest BCUT2D eigenvalue weighted by atomic mass is 79.9. The van der Waals surface area contributed by atoms with Crippen molar-refractivity contribution in [3.8, 4) is 0 Å². The van der Waals surface area contributed by atoms with Crippen molar-refractivity contribution in [3.05, 3.63) is 20.8 Å². The van der Waals surface area contributed by atoms with Gasteiger partial charge in [-0.2, -0.15) is 11.3 Å². The smallest absolute Gasteiger partial charge is 0.0837 e. The van der Waals surface area contributed by atoms with Crippen LogP contribution in [-0.2, 0) is 0 Å². The quantitative estimate of drug-likeness (QED) is 0.860. The molecular formula is C11H15BrOS. The Morgan fingerprint density at radius 2 is 2.00 bits per heavy atom. The first kappa shape index (κ1) is 10.7. The highest BCUT2D eigenvalue weighted by molar-refractivity contribution is 9.10. The van der Waals surface area contributed by atoms with E-state index in [1.165, 1.54) is 32.1 Å². The maximum absolute atomic E-state index is 10.2. The number of hydrogen-bond donors (Lipinski definition) is 1. The van der Waals surface area contributed by atoms with Crippen LogP contribution < -0.4 is 0 Å². The van der Waals surface area contributed by atoms with Crippen molar-refractivity contribution < 1.29 is 5.11 Å². The van der Waals surface area contributed by atoms with Crippen molar-refractivity contribution in [3.63, 3.8) is 0 Å². The highest BCUT2D eigenvalue weighted by Crippen LogP contribution is 2.38. The van der Waals surface area contributed by atoms with Crippen LogP contribution in [0.25, 0.3) is 0 Å². The SMILES string of the molecule is OC(c1cscc1Br)C1CCCCC1. The van der Waals surface area contributed by atoms with E-state index < -0.39 is 0 Å². The summed E-state index contributed by atoms with van der Waals surface area (Å²) in [6.07, 6.45) is 6.02. The summed E-state index contributed by atoms with van der Waals surface area (Å²) in [5, 5.41) is 14.3. The molecule has 14 heavy (non-hydrogen) atoms. The molecule has 1 aliphatic carbocycles. The average molecular weight is 275 g/mol. The molecule has 1 nitrogen and oxygen atoms in total. The van der Waals surface area contributed by atoms with Crippen LogP contribution in [0.15, 0.2) is 15.2 Å². The van der Waals surface area contributed by atoms with Gasteiger partial charge in [0.1, 0.15) is 0 Å². The van der Waals surface area contributed by atoms with E-state index in [0.717, 1.165) is 10.0 Å². The number of rotatable bonds is 2. The van der Waals surface area contributed by atoms with E-state index in [-0.39, 0.29) is 6.10 Å². The number of thiophene rings is 1. The second-order valence-electron chi connectivity index (χ2n) is 4.02. The predicted molar refractivity (Wildman–Crippen MR) is 63.6 cm³/mol. The Hall–Kier alpha value is 0.140. The maximum atomic E-state index is 10.2. The molecule has 0 radical (unpaired) electrons. The highest BCUT2D eigenvalue weighted by Gasteiger charge is 2.24. The zero-order valence-electron chi connectivity index (χ0n) is 8.08. The minimum absolute atomic E-state index is 0.254. The van der Waals surface area contributed by atoms with Crippen molar-refractivity contribution in [2.45, 2.75) is 38.2 Å². The molecule has 0 amide bonds. The molecule has 1 aliphatic rings. The van der Waals surface area contributed by atoms with Crippen LogP contribution >= 0.6 is 27.3 Å². The Morgan fingerprint density at radius 1 is 1.29 bits per heavy atom. The molecule has 3 heteroatoms. The molecule has 1 unspecified atom stereocenters. The molecule has 0 aliphatic heterocycles. The number of aliphatic hydroxyl groups excluding tert-OH is 1. The first-order valence-corrected chi connectivity index (χ1v) is 6.92. The van der Waals surface area contributed by atoms with Crippen LogP contribution in [0.5, 0.6) is 0 Å². The molecule has 1 fully saturated rings. The molecule has 1 saturated carbocycles. The summed E-state index contributed by atoms with van der Waals surface area (Å²) in [4.78, 5) is 0. The van der Waals surface area contributed by atoms with Gasteiger partial charge in [0, 0.05) is 15.4 Å². The van der Waals surface area contributed by atoms with E-state index in [4.69, 9.17) is 0 Å². The summed E-state index contributed by atoms with van der Waals surface area (Å²) in [6.45, 7) is 0. The van der Waals surface area contributed by atoms with Crippen LogP contribution in [0, 0.1) is 5.92 Å². The van der Waals surface area contributed by atoms with Crippen molar-refractivity contribution in [1.82, 2.24) is 0 Å². The van der Waals surface area contributed by atoms with Gasteiger partial charge in [-0.15, -0.1) is 0 Å². The fourth-order valence-corrected chi connectivity index (χ4v) is 3.77. The van der Waals surface area contributed by atoms with E-state index in [0.29, 0.717) is 5.92 Å². The summed E-state index contributed by atoms with van der Waals surface area (Å²) in [5.41, 5.74) is 1.09. The van der Waals surface area contributed by atoms with Gasteiger partial charge in [0.05, 0.1) is 6.10 Å². The lowest BCUT2D eigenvalue weighted by molar-refractivity contribution is 0.0846. The first-order valence-electron chi connectivity index (χ1n) is 5.18. The lowest BCUT2D eigenvalue weighted by Crippen LogP contribution is -2.15. The van der Waals surface area contributed by atoms with E-state index in [1.54, 1.807) is 11.3 Å². The largest absolute Gasteiger partial charge is 0.388 e. The first-order chi connectivity index (χ1) is 6.79. The third kappa shape index (κ3) is 2.20. The van der Waals surface area contributed by atoms with Gasteiger partial charge in [0.2, 0.25) is 0 Å². The van der Waals surface area contributed by atoms with Crippen molar-refractivity contribution in [2.24, 2.45) is 5.92 Å². The standard InChI is InChI=1S/C11H15BrOS/c12-10-7-14-6-9(10)11(13)8-4-2-1-3-5-8/h6-8,11,13H,1-5H2. The van der Waals surface area contributed by atoms with Crippen LogP contribution in [-0.4, -0.2) is 5.11 Å². The Kier molecular flexibility index (Phi) is 3.63. The van der Waals surface area contributed by atoms with Gasteiger partial charge in [0.15, 0.2) is 0 Å². The molecular weight excluding hydrogens is 260 g/mol. The third-order valence-electron chi connectivity index (χ3n) is 3.06. The van der Waals surface area contributed by atoms with Gasteiger partial charge < -0.3 is 5.11 Å². The second kappa shape index (κ2) is 4.77. The minimum atomic E-state index is -0.254. The summed E-state index contributed by atoms with van der Waals surface area (Å²) in [6, 6.07) is 0. The van der Waals surface area contributed by atoms with E-state index in [2.05, 4.69) is 21.3 Å². The van der Waals surface area contributed by atoms with Crippen LogP contribution in [0.2, 0.25) is 0 Å². The van der Waals surface area contributed by atoms with Gasteiger partial charge in [-0.3, -0.25) is 0 Å². The average Bonchev–Trinajstić information content (AvgIpc) is 2.65. The molecule has 1 heterocycles. The van der Waals surface area contributed by atoms with Crippen LogP contribution in [0.3, 0.4) is 0 Å². The Balaban J connectivity index is 2.07. The molecule has 2 rings (SSSR count). The molecule has 78 valence electrons. The van der Waals surface area contributed by atoms with Gasteiger partial charge in [-0.05, 0) is 40.1 Å². The van der Waals surface area contributed by atoms with Gasteiger partial charge in [-0.1, -0.05) is 19.3 Å². The number of aliphatic hydroxyl groups is 1. The van der Waals surface area contributed by atoms with Gasteiger partial charge in [-0.25, -0.2) is 0 Å². The second-order valence-corrected chi connectivity index (χ2v) is 5.62. The Bertz CT molecular complexity index is 291. The Labute approximate surface area is 97.3 Å². The topological polar surface area (TPSA) is 20.2 Å². The Morgan fingerprint density at radius 3 is 2.57 bits per heavy atom. The molecule has 1 atom stereocenters. The summed E-state index contributed by atoms with van der Waals surface area (Å²) in [5.74, 6) is 0.481. The zero-order chi connectivity index (χ0) is 9.97. The van der Waals surface area contributed by atoms with Crippen molar-refractivity contribution >= 4 is 27.3 Å². The molecule has 0 aromatic carbocycles. The summed E-state index contributed by atoms with van der Waals surface area (Å²) < 4.78 is 1.07. The maximum Gasteiger partial charge on any atom is 0.0837 e. The van der Waals surface area contributed by atoms with Gasteiger partial charge in [0.25, 0.3) is 0 Å². The number of hydrogen-bond acceptors (Lipinski definition) is 2. The lowest BCUT2D eigenvalue weighted by Gasteiger charge is -2.26. The van der Waals surface area contributed by atoms with Gasteiger partial charge >= 0.3 is 0 Å². The van der Waals surface area contributed by atoms with Crippen molar-refractivity contribution in [1.29, 1.82) is 0 Å². The molecule has 0 spiro atoms. The fourth-order valence-electron chi connectivity index (χ4n) is 2.21.